The van der Waals surface area contributed by atoms with Crippen molar-refractivity contribution in [2.75, 3.05) is 0 Å². The van der Waals surface area contributed by atoms with Crippen LogP contribution in [-0.4, -0.2) is 9.97 Å². The van der Waals surface area contributed by atoms with Crippen molar-refractivity contribution in [3.05, 3.63) is 47.0 Å². The number of aromatic nitrogens is 2. The molecule has 0 radical (unpaired) electrons. The zero-order valence-corrected chi connectivity index (χ0v) is 9.36. The van der Waals surface area contributed by atoms with E-state index < -0.39 is 0 Å². The number of halogens is 1. The summed E-state index contributed by atoms with van der Waals surface area (Å²) < 4.78 is 0. The molecule has 2 rings (SSSR count). The van der Waals surface area contributed by atoms with Gasteiger partial charge in [0.15, 0.2) is 0 Å². The molecule has 78 valence electrons. The summed E-state index contributed by atoms with van der Waals surface area (Å²) in [6.45, 7) is 1.84. The van der Waals surface area contributed by atoms with Gasteiger partial charge in [-0.3, -0.25) is 4.98 Å². The molecule has 4 heteroatoms. The highest BCUT2D eigenvalue weighted by Crippen LogP contribution is 2.27. The fourth-order valence-corrected chi connectivity index (χ4v) is 1.77. The average Bonchev–Trinajstić information content (AvgIpc) is 2.29. The Morgan fingerprint density at radius 2 is 2.25 bits per heavy atom. The Bertz CT molecular complexity index is 558. The zero-order chi connectivity index (χ0) is 11.5. The van der Waals surface area contributed by atoms with Gasteiger partial charge in [0.1, 0.15) is 11.2 Å². The third kappa shape index (κ3) is 1.88. The summed E-state index contributed by atoms with van der Waals surface area (Å²) in [4.78, 5) is 8.08. The Kier molecular flexibility index (Phi) is 2.84. The lowest BCUT2D eigenvalue weighted by Gasteiger charge is -2.06. The van der Waals surface area contributed by atoms with E-state index in [4.69, 9.17) is 16.9 Å². The van der Waals surface area contributed by atoms with Gasteiger partial charge in [0, 0.05) is 29.2 Å². The van der Waals surface area contributed by atoms with Crippen LogP contribution in [0.4, 0.5) is 0 Å². The fourth-order valence-electron chi connectivity index (χ4n) is 1.49. The van der Waals surface area contributed by atoms with Gasteiger partial charge in [-0.1, -0.05) is 17.7 Å². The Morgan fingerprint density at radius 1 is 1.44 bits per heavy atom. The predicted octanol–water partition coefficient (Wildman–Crippen LogP) is 2.98. The summed E-state index contributed by atoms with van der Waals surface area (Å²) in [6, 6.07) is 7.61. The van der Waals surface area contributed by atoms with Crippen LogP contribution in [0, 0.1) is 18.3 Å². The van der Waals surface area contributed by atoms with Crippen molar-refractivity contribution >= 4 is 11.6 Å². The highest BCUT2D eigenvalue weighted by Gasteiger charge is 2.11. The highest BCUT2D eigenvalue weighted by atomic mass is 35.5. The number of nitriles is 1. The molecule has 3 nitrogen and oxygen atoms in total. The minimum Gasteiger partial charge on any atom is -0.264 e. The molecule has 0 spiro atoms. The molecule has 0 bridgehead atoms. The van der Waals surface area contributed by atoms with Gasteiger partial charge >= 0.3 is 0 Å². The van der Waals surface area contributed by atoms with E-state index in [2.05, 4.69) is 16.0 Å². The second-order valence-electron chi connectivity index (χ2n) is 3.33. The lowest BCUT2D eigenvalue weighted by atomic mass is 10.0. The fraction of sp³-hybridized carbons (Fsp3) is 0.0833. The molecule has 0 saturated carbocycles. The molecule has 16 heavy (non-hydrogen) atoms. The third-order valence-corrected chi connectivity index (χ3v) is 2.46. The molecule has 0 aliphatic rings. The van der Waals surface area contributed by atoms with Crippen LogP contribution in [0.3, 0.4) is 0 Å². The maximum absolute atomic E-state index is 9.06. The van der Waals surface area contributed by atoms with Crippen molar-refractivity contribution in [2.24, 2.45) is 0 Å². The van der Waals surface area contributed by atoms with Crippen molar-refractivity contribution < 1.29 is 0 Å². The Labute approximate surface area is 98.4 Å². The summed E-state index contributed by atoms with van der Waals surface area (Å²) in [5.74, 6) is 0. The minimum atomic E-state index is 0.237. The van der Waals surface area contributed by atoms with Gasteiger partial charge in [0.2, 0.25) is 0 Å². The van der Waals surface area contributed by atoms with E-state index >= 15 is 0 Å². The van der Waals surface area contributed by atoms with Crippen molar-refractivity contribution in [3.63, 3.8) is 0 Å². The number of rotatable bonds is 1. The summed E-state index contributed by atoms with van der Waals surface area (Å²) in [5, 5.41) is 9.29. The smallest absolute Gasteiger partial charge is 0.147 e. The first-order valence-corrected chi connectivity index (χ1v) is 5.08. The molecule has 0 fully saturated rings. The molecule has 0 aromatic carbocycles. The number of hydrogen-bond donors (Lipinski definition) is 0. The van der Waals surface area contributed by atoms with Gasteiger partial charge < -0.3 is 0 Å². The van der Waals surface area contributed by atoms with Crippen LogP contribution in [0.5, 0.6) is 0 Å². The van der Waals surface area contributed by atoms with Gasteiger partial charge in [0.05, 0.1) is 5.56 Å². The van der Waals surface area contributed by atoms with Crippen LogP contribution in [-0.2, 0) is 0 Å². The summed E-state index contributed by atoms with van der Waals surface area (Å²) in [6.07, 6.45) is 3.39. The second-order valence-corrected chi connectivity index (χ2v) is 3.69. The number of nitrogens with zero attached hydrogens (tertiary/aromatic N) is 3. The van der Waals surface area contributed by atoms with E-state index in [1.165, 1.54) is 0 Å². The molecule has 2 aromatic heterocycles. The first-order chi connectivity index (χ1) is 7.72. The minimum absolute atomic E-state index is 0.237. The third-order valence-electron chi connectivity index (χ3n) is 2.19. The molecular weight excluding hydrogens is 222 g/mol. The van der Waals surface area contributed by atoms with Crippen LogP contribution < -0.4 is 0 Å². The molecule has 0 aliphatic heterocycles. The quantitative estimate of drug-likeness (QED) is 0.707. The predicted molar refractivity (Wildman–Crippen MR) is 61.9 cm³/mol. The van der Waals surface area contributed by atoms with Crippen LogP contribution >= 0.6 is 11.6 Å². The standard InChI is InChI=1S/C12H8ClN3/c1-8-5-10(9-3-2-4-15-7-9)11(6-14)12(13)16-8/h2-5,7H,1H3. The number of aryl methyl sites for hydroxylation is 1. The Balaban J connectivity index is 2.70. The van der Waals surface area contributed by atoms with Gasteiger partial charge in [-0.15, -0.1) is 0 Å². The first-order valence-electron chi connectivity index (χ1n) is 4.70. The van der Waals surface area contributed by atoms with Crippen LogP contribution in [0.2, 0.25) is 5.15 Å². The number of pyridine rings is 2. The van der Waals surface area contributed by atoms with Crippen molar-refractivity contribution in [1.29, 1.82) is 5.26 Å². The molecule has 0 aliphatic carbocycles. The van der Waals surface area contributed by atoms with Crippen molar-refractivity contribution in [3.8, 4) is 17.2 Å². The summed E-state index contributed by atoms with van der Waals surface area (Å²) in [7, 11) is 0. The Morgan fingerprint density at radius 3 is 2.88 bits per heavy atom. The molecular formula is C12H8ClN3. The summed E-state index contributed by atoms with van der Waals surface area (Å²) in [5.41, 5.74) is 2.81. The lowest BCUT2D eigenvalue weighted by Crippen LogP contribution is -1.92. The molecule has 0 saturated heterocycles. The van der Waals surface area contributed by atoms with Gasteiger partial charge in [-0.25, -0.2) is 4.98 Å². The SMILES string of the molecule is Cc1cc(-c2cccnc2)c(C#N)c(Cl)n1. The number of hydrogen-bond acceptors (Lipinski definition) is 3. The average molecular weight is 230 g/mol. The Hall–Kier alpha value is -1.92. The van der Waals surface area contributed by atoms with Crippen molar-refractivity contribution in [2.45, 2.75) is 6.92 Å². The van der Waals surface area contributed by atoms with Crippen LogP contribution in [0.1, 0.15) is 11.3 Å². The van der Waals surface area contributed by atoms with E-state index in [0.717, 1.165) is 16.8 Å². The van der Waals surface area contributed by atoms with Gasteiger partial charge in [-0.05, 0) is 19.1 Å². The van der Waals surface area contributed by atoms with Crippen LogP contribution in [0.15, 0.2) is 30.6 Å². The molecule has 2 aromatic rings. The first kappa shape index (κ1) is 10.6. The molecule has 0 amide bonds. The lowest BCUT2D eigenvalue weighted by molar-refractivity contribution is 1.19. The maximum atomic E-state index is 9.06. The largest absolute Gasteiger partial charge is 0.264 e. The monoisotopic (exact) mass is 229 g/mol. The topological polar surface area (TPSA) is 49.6 Å². The molecule has 0 atom stereocenters. The molecule has 0 N–H and O–H groups in total. The van der Waals surface area contributed by atoms with E-state index in [-0.39, 0.29) is 5.15 Å². The molecule has 0 unspecified atom stereocenters. The van der Waals surface area contributed by atoms with Crippen LogP contribution in [0.25, 0.3) is 11.1 Å². The van der Waals surface area contributed by atoms with E-state index in [1.54, 1.807) is 12.4 Å². The van der Waals surface area contributed by atoms with Gasteiger partial charge in [-0.2, -0.15) is 5.26 Å². The maximum Gasteiger partial charge on any atom is 0.147 e. The second kappa shape index (κ2) is 4.30. The zero-order valence-electron chi connectivity index (χ0n) is 8.61. The van der Waals surface area contributed by atoms with E-state index in [1.807, 2.05) is 25.1 Å². The normalized spacial score (nSPS) is 9.81. The van der Waals surface area contributed by atoms with Crippen molar-refractivity contribution in [1.82, 2.24) is 9.97 Å². The highest BCUT2D eigenvalue weighted by molar-refractivity contribution is 6.31. The summed E-state index contributed by atoms with van der Waals surface area (Å²) >= 11 is 5.93. The molecule has 2 heterocycles. The van der Waals surface area contributed by atoms with E-state index in [9.17, 15) is 0 Å². The van der Waals surface area contributed by atoms with Gasteiger partial charge in [0.25, 0.3) is 0 Å². The van der Waals surface area contributed by atoms with E-state index in [0.29, 0.717) is 5.56 Å².